The monoisotopic (exact) mass is 187 g/mol. The van der Waals surface area contributed by atoms with Crippen LogP contribution in [0.3, 0.4) is 0 Å². The van der Waals surface area contributed by atoms with Crippen LogP contribution in [-0.4, -0.2) is 47.3 Å². The molecule has 0 saturated carbocycles. The molecule has 0 aliphatic carbocycles. The first-order valence-electron chi connectivity index (χ1n) is 4.55. The summed E-state index contributed by atoms with van der Waals surface area (Å²) in [7, 11) is 0. The Morgan fingerprint density at radius 3 is 2.15 bits per heavy atom. The lowest BCUT2D eigenvalue weighted by atomic mass is 9.81. The highest BCUT2D eigenvalue weighted by molar-refractivity contribution is 5.79. The molecule has 1 rings (SSSR count). The van der Waals surface area contributed by atoms with Crippen molar-refractivity contribution in [2.45, 2.75) is 13.8 Å². The molecule has 2 N–H and O–H groups in total. The van der Waals surface area contributed by atoms with Gasteiger partial charge in [-0.25, -0.2) is 0 Å². The number of aliphatic hydroxyl groups excluding tert-OH is 2. The first-order chi connectivity index (χ1) is 6.04. The first-order valence-corrected chi connectivity index (χ1v) is 4.55. The zero-order chi connectivity index (χ0) is 10.1. The lowest BCUT2D eigenvalue weighted by molar-refractivity contribution is -0.153. The summed E-state index contributed by atoms with van der Waals surface area (Å²) in [6.07, 6.45) is 0. The van der Waals surface area contributed by atoms with Crippen LogP contribution in [0.4, 0.5) is 0 Å². The van der Waals surface area contributed by atoms with Gasteiger partial charge in [0.05, 0.1) is 18.6 Å². The highest BCUT2D eigenvalue weighted by Gasteiger charge is 2.44. The highest BCUT2D eigenvalue weighted by Crippen LogP contribution is 2.30. The van der Waals surface area contributed by atoms with Crippen LogP contribution in [0.15, 0.2) is 0 Å². The topological polar surface area (TPSA) is 60.8 Å². The van der Waals surface area contributed by atoms with Gasteiger partial charge in [-0.05, 0) is 0 Å². The number of nitrogens with zero attached hydrogens (tertiary/aromatic N) is 1. The van der Waals surface area contributed by atoms with Crippen LogP contribution in [-0.2, 0) is 4.79 Å². The Morgan fingerprint density at radius 2 is 1.85 bits per heavy atom. The summed E-state index contributed by atoms with van der Waals surface area (Å²) in [6, 6.07) is 0. The average molecular weight is 187 g/mol. The Labute approximate surface area is 78.2 Å². The lowest BCUT2D eigenvalue weighted by Crippen LogP contribution is -2.62. The van der Waals surface area contributed by atoms with E-state index in [-0.39, 0.29) is 25.0 Å². The molecule has 1 fully saturated rings. The van der Waals surface area contributed by atoms with Crippen molar-refractivity contribution < 1.29 is 15.0 Å². The molecule has 0 unspecified atom stereocenters. The van der Waals surface area contributed by atoms with Gasteiger partial charge >= 0.3 is 0 Å². The van der Waals surface area contributed by atoms with Gasteiger partial charge in [-0.3, -0.25) is 4.79 Å². The molecular formula is C9H17NO3. The van der Waals surface area contributed by atoms with Gasteiger partial charge in [0.15, 0.2) is 0 Å². The van der Waals surface area contributed by atoms with E-state index in [2.05, 4.69) is 0 Å². The number of rotatable bonds is 3. The quantitative estimate of drug-likeness (QED) is 0.623. The van der Waals surface area contributed by atoms with Crippen molar-refractivity contribution in [1.82, 2.24) is 4.90 Å². The maximum absolute atomic E-state index is 11.4. The van der Waals surface area contributed by atoms with Crippen molar-refractivity contribution in [2.24, 2.45) is 11.3 Å². The molecule has 4 heteroatoms. The number of carbonyl (C=O) groups is 1. The van der Waals surface area contributed by atoms with Crippen molar-refractivity contribution in [3.8, 4) is 0 Å². The minimum Gasteiger partial charge on any atom is -0.396 e. The van der Waals surface area contributed by atoms with Crippen molar-refractivity contribution in [1.29, 1.82) is 0 Å². The van der Waals surface area contributed by atoms with Gasteiger partial charge < -0.3 is 15.1 Å². The lowest BCUT2D eigenvalue weighted by Gasteiger charge is -2.48. The molecule has 0 spiro atoms. The predicted octanol–water partition coefficient (Wildman–Crippen LogP) is -0.544. The Kier molecular flexibility index (Phi) is 2.93. The molecular weight excluding hydrogens is 170 g/mol. The number of carbonyl (C=O) groups excluding carboxylic acids is 1. The fourth-order valence-electron chi connectivity index (χ4n) is 1.53. The summed E-state index contributed by atoms with van der Waals surface area (Å²) in [5.41, 5.74) is -0.440. The Morgan fingerprint density at radius 1 is 1.38 bits per heavy atom. The Hall–Kier alpha value is -0.610. The molecule has 0 aromatic rings. The van der Waals surface area contributed by atoms with Crippen molar-refractivity contribution >= 4 is 5.91 Å². The first kappa shape index (κ1) is 10.5. The minimum absolute atomic E-state index is 0.00427. The third-order valence-corrected chi connectivity index (χ3v) is 2.53. The van der Waals surface area contributed by atoms with E-state index in [1.165, 1.54) is 0 Å². The van der Waals surface area contributed by atoms with Gasteiger partial charge in [0.25, 0.3) is 0 Å². The van der Waals surface area contributed by atoms with Gasteiger partial charge in [-0.2, -0.15) is 0 Å². The number of amides is 1. The van der Waals surface area contributed by atoms with E-state index in [1.807, 2.05) is 13.8 Å². The van der Waals surface area contributed by atoms with Crippen LogP contribution >= 0.6 is 0 Å². The molecule has 0 aromatic heterocycles. The third kappa shape index (κ3) is 1.84. The second kappa shape index (κ2) is 3.64. The van der Waals surface area contributed by atoms with Crippen LogP contribution in [0, 0.1) is 11.3 Å². The summed E-state index contributed by atoms with van der Waals surface area (Å²) in [5.74, 6) is 0.0907. The number of aliphatic hydroxyl groups is 2. The van der Waals surface area contributed by atoms with E-state index in [9.17, 15) is 4.79 Å². The molecule has 4 nitrogen and oxygen atoms in total. The standard InChI is InChI=1S/C9H17NO3/c1-7(2)8(13)10-3-9(4-10,5-11)6-12/h7,11-12H,3-6H2,1-2H3. The largest absolute Gasteiger partial charge is 0.396 e. The van der Waals surface area contributed by atoms with Crippen LogP contribution in [0.5, 0.6) is 0 Å². The van der Waals surface area contributed by atoms with E-state index in [4.69, 9.17) is 10.2 Å². The average Bonchev–Trinajstić information content (AvgIpc) is 2.04. The number of likely N-dealkylation sites (tertiary alicyclic amines) is 1. The van der Waals surface area contributed by atoms with Crippen LogP contribution in [0.2, 0.25) is 0 Å². The van der Waals surface area contributed by atoms with Gasteiger partial charge in [-0.1, -0.05) is 13.8 Å². The summed E-state index contributed by atoms with van der Waals surface area (Å²) < 4.78 is 0. The summed E-state index contributed by atoms with van der Waals surface area (Å²) >= 11 is 0. The molecule has 1 saturated heterocycles. The van der Waals surface area contributed by atoms with Crippen LogP contribution in [0.1, 0.15) is 13.8 Å². The van der Waals surface area contributed by atoms with Crippen LogP contribution in [0.25, 0.3) is 0 Å². The highest BCUT2D eigenvalue weighted by atomic mass is 16.3. The maximum Gasteiger partial charge on any atom is 0.225 e. The van der Waals surface area contributed by atoms with Gasteiger partial charge in [0.2, 0.25) is 5.91 Å². The fourth-order valence-corrected chi connectivity index (χ4v) is 1.53. The molecule has 13 heavy (non-hydrogen) atoms. The number of hydrogen-bond acceptors (Lipinski definition) is 3. The maximum atomic E-state index is 11.4. The molecule has 0 bridgehead atoms. The second-order valence-corrected chi connectivity index (χ2v) is 4.17. The smallest absolute Gasteiger partial charge is 0.225 e. The summed E-state index contributed by atoms with van der Waals surface area (Å²) in [4.78, 5) is 13.1. The number of hydrogen-bond donors (Lipinski definition) is 2. The Bertz CT molecular complexity index is 191. The van der Waals surface area contributed by atoms with E-state index in [1.54, 1.807) is 4.90 Å². The second-order valence-electron chi connectivity index (χ2n) is 4.17. The summed E-state index contributed by atoms with van der Waals surface area (Å²) in [5, 5.41) is 18.0. The van der Waals surface area contributed by atoms with Crippen molar-refractivity contribution in [2.75, 3.05) is 26.3 Å². The molecule has 0 aromatic carbocycles. The van der Waals surface area contributed by atoms with Gasteiger partial charge in [0, 0.05) is 19.0 Å². The molecule has 0 atom stereocenters. The third-order valence-electron chi connectivity index (χ3n) is 2.53. The van der Waals surface area contributed by atoms with E-state index in [0.717, 1.165) is 0 Å². The van der Waals surface area contributed by atoms with Gasteiger partial charge in [-0.15, -0.1) is 0 Å². The SMILES string of the molecule is CC(C)C(=O)N1CC(CO)(CO)C1. The predicted molar refractivity (Wildman–Crippen MR) is 48.0 cm³/mol. The van der Waals surface area contributed by atoms with E-state index < -0.39 is 5.41 Å². The van der Waals surface area contributed by atoms with E-state index in [0.29, 0.717) is 13.1 Å². The fraction of sp³-hybridized carbons (Fsp3) is 0.889. The van der Waals surface area contributed by atoms with Crippen molar-refractivity contribution in [3.05, 3.63) is 0 Å². The Balaban J connectivity index is 2.44. The molecule has 1 amide bonds. The zero-order valence-corrected chi connectivity index (χ0v) is 8.16. The molecule has 1 aliphatic heterocycles. The summed E-state index contributed by atoms with van der Waals surface area (Å²) in [6.45, 7) is 4.56. The normalized spacial score (nSPS) is 20.2. The van der Waals surface area contributed by atoms with Gasteiger partial charge in [0.1, 0.15) is 0 Å². The molecule has 0 radical (unpaired) electrons. The molecule has 76 valence electrons. The zero-order valence-electron chi connectivity index (χ0n) is 8.16. The minimum atomic E-state index is -0.440. The van der Waals surface area contributed by atoms with Crippen LogP contribution < -0.4 is 0 Å². The van der Waals surface area contributed by atoms with Crippen molar-refractivity contribution in [3.63, 3.8) is 0 Å². The van der Waals surface area contributed by atoms with E-state index >= 15 is 0 Å². The molecule has 1 aliphatic rings. The molecule has 1 heterocycles.